The fourth-order valence-corrected chi connectivity index (χ4v) is 3.75. The molecule has 2 aromatic carbocycles. The van der Waals surface area contributed by atoms with Crippen molar-refractivity contribution in [3.05, 3.63) is 59.2 Å². The molecule has 0 aliphatic carbocycles. The Bertz CT molecular complexity index is 999. The number of rotatable bonds is 5. The summed E-state index contributed by atoms with van der Waals surface area (Å²) in [5.74, 6) is -2.13. The summed E-state index contributed by atoms with van der Waals surface area (Å²) in [6.07, 6.45) is 0. The first kappa shape index (κ1) is 22.0. The molecular weight excluding hydrogens is 386 g/mol. The van der Waals surface area contributed by atoms with E-state index < -0.39 is 38.5 Å². The Balaban J connectivity index is 2.31. The molecule has 0 spiro atoms. The minimum absolute atomic E-state index is 0.0637. The molecule has 1 atom stereocenters. The zero-order chi connectivity index (χ0) is 21.3. The van der Waals surface area contributed by atoms with Gasteiger partial charge >= 0.3 is 0 Å². The van der Waals surface area contributed by atoms with Gasteiger partial charge in [-0.3, -0.25) is 4.79 Å². The van der Waals surface area contributed by atoms with Crippen LogP contribution in [0.25, 0.3) is 0 Å². The van der Waals surface area contributed by atoms with Crippen molar-refractivity contribution in [1.29, 1.82) is 0 Å². The summed E-state index contributed by atoms with van der Waals surface area (Å²) in [6.45, 7) is 8.81. The molecule has 0 aromatic heterocycles. The Hall–Kier alpha value is -2.32. The molecule has 0 saturated heterocycles. The molecule has 0 aliphatic rings. The molecule has 0 fully saturated rings. The molecule has 0 aliphatic heterocycles. The van der Waals surface area contributed by atoms with Gasteiger partial charge in [-0.25, -0.2) is 21.9 Å². The van der Waals surface area contributed by atoms with Crippen LogP contribution in [0.5, 0.6) is 0 Å². The second-order valence-corrected chi connectivity index (χ2v) is 9.45. The van der Waals surface area contributed by atoms with E-state index in [1.165, 1.54) is 18.2 Å². The van der Waals surface area contributed by atoms with E-state index in [1.807, 2.05) is 20.8 Å². The first-order chi connectivity index (χ1) is 12.8. The van der Waals surface area contributed by atoms with E-state index in [0.29, 0.717) is 5.56 Å². The minimum atomic E-state index is -4.18. The van der Waals surface area contributed by atoms with Crippen molar-refractivity contribution >= 4 is 21.6 Å². The molecule has 0 radical (unpaired) electrons. The van der Waals surface area contributed by atoms with Crippen molar-refractivity contribution < 1.29 is 22.0 Å². The number of carbonyl (C=O) groups excluding carboxylic acids is 1. The summed E-state index contributed by atoms with van der Waals surface area (Å²) in [7, 11) is -4.18. The monoisotopic (exact) mass is 410 g/mol. The highest BCUT2D eigenvalue weighted by Crippen LogP contribution is 2.23. The fourth-order valence-electron chi connectivity index (χ4n) is 2.20. The predicted octanol–water partition coefficient (Wildman–Crippen LogP) is 4.24. The highest BCUT2D eigenvalue weighted by Gasteiger charge is 2.28. The zero-order valence-corrected chi connectivity index (χ0v) is 17.2. The maximum atomic E-state index is 14.2. The van der Waals surface area contributed by atoms with Crippen molar-refractivity contribution in [1.82, 2.24) is 4.72 Å². The number of amides is 1. The van der Waals surface area contributed by atoms with Crippen molar-refractivity contribution in [2.45, 2.75) is 45.6 Å². The number of benzene rings is 2. The van der Waals surface area contributed by atoms with Crippen LogP contribution in [0.3, 0.4) is 0 Å². The molecule has 5 nitrogen and oxygen atoms in total. The van der Waals surface area contributed by atoms with Crippen molar-refractivity contribution in [3.8, 4) is 0 Å². The third-order valence-corrected chi connectivity index (χ3v) is 6.10. The maximum Gasteiger partial charge on any atom is 0.255 e. The van der Waals surface area contributed by atoms with Gasteiger partial charge in [0.25, 0.3) is 5.91 Å². The Morgan fingerprint density at radius 2 is 1.68 bits per heavy atom. The second-order valence-electron chi connectivity index (χ2n) is 7.77. The summed E-state index contributed by atoms with van der Waals surface area (Å²) >= 11 is 0. The van der Waals surface area contributed by atoms with Crippen LogP contribution < -0.4 is 10.0 Å². The standard InChI is InChI=1S/C20H24F2N2O3S/c1-12-6-8-15(11-17(12)22)23-19(25)14-7-9-16(21)18(10-14)28(26,27)24-13(2)20(3,4)5/h6-11,13,24H,1-5H3,(H,23,25)/t13-/m1/s1. The number of nitrogens with one attached hydrogen (secondary N) is 2. The highest BCUT2D eigenvalue weighted by atomic mass is 32.2. The van der Waals surface area contributed by atoms with Crippen LogP contribution in [0.1, 0.15) is 43.6 Å². The lowest BCUT2D eigenvalue weighted by atomic mass is 9.89. The summed E-state index contributed by atoms with van der Waals surface area (Å²) < 4.78 is 55.5. The largest absolute Gasteiger partial charge is 0.322 e. The molecule has 2 aromatic rings. The Kier molecular flexibility index (Phi) is 6.25. The van der Waals surface area contributed by atoms with Crippen LogP contribution >= 0.6 is 0 Å². The van der Waals surface area contributed by atoms with Gasteiger partial charge in [0, 0.05) is 17.3 Å². The molecular formula is C20H24F2N2O3S. The quantitative estimate of drug-likeness (QED) is 0.774. The topological polar surface area (TPSA) is 75.3 Å². The molecule has 152 valence electrons. The van der Waals surface area contributed by atoms with Crippen LogP contribution in [0, 0.1) is 24.0 Å². The summed E-state index contributed by atoms with van der Waals surface area (Å²) in [4.78, 5) is 11.8. The van der Waals surface area contributed by atoms with E-state index >= 15 is 0 Å². The van der Waals surface area contributed by atoms with E-state index in [4.69, 9.17) is 0 Å². The molecule has 1 amide bonds. The number of halogens is 2. The highest BCUT2D eigenvalue weighted by molar-refractivity contribution is 7.89. The molecule has 0 heterocycles. The summed E-state index contributed by atoms with van der Waals surface area (Å²) in [6, 6.07) is 6.76. The normalized spacial score (nSPS) is 13.2. The average molecular weight is 410 g/mol. The third-order valence-electron chi connectivity index (χ3n) is 4.54. The summed E-state index contributed by atoms with van der Waals surface area (Å²) in [5, 5.41) is 2.47. The van der Waals surface area contributed by atoms with E-state index in [0.717, 1.165) is 18.2 Å². The van der Waals surface area contributed by atoms with Gasteiger partial charge < -0.3 is 5.32 Å². The van der Waals surface area contributed by atoms with Gasteiger partial charge in [-0.05, 0) is 55.2 Å². The lowest BCUT2D eigenvalue weighted by molar-refractivity contribution is 0.102. The van der Waals surface area contributed by atoms with Crippen molar-refractivity contribution in [3.63, 3.8) is 0 Å². The number of aryl methyl sites for hydroxylation is 1. The molecule has 0 bridgehead atoms. The molecule has 0 saturated carbocycles. The Morgan fingerprint density at radius 3 is 2.25 bits per heavy atom. The van der Waals surface area contributed by atoms with Crippen LogP contribution in [0.4, 0.5) is 14.5 Å². The first-order valence-corrected chi connectivity index (χ1v) is 10.2. The van der Waals surface area contributed by atoms with Gasteiger partial charge in [0.2, 0.25) is 10.0 Å². The summed E-state index contributed by atoms with van der Waals surface area (Å²) in [5.41, 5.74) is 0.188. The molecule has 2 N–H and O–H groups in total. The molecule has 2 rings (SSSR count). The SMILES string of the molecule is Cc1ccc(NC(=O)c2ccc(F)c(S(=O)(=O)N[C@H](C)C(C)(C)C)c2)cc1F. The van der Waals surface area contributed by atoms with Crippen LogP contribution in [0.15, 0.2) is 41.3 Å². The van der Waals surface area contributed by atoms with E-state index in [1.54, 1.807) is 13.8 Å². The molecule has 28 heavy (non-hydrogen) atoms. The third kappa shape index (κ3) is 5.14. The van der Waals surface area contributed by atoms with Gasteiger partial charge in [0.15, 0.2) is 0 Å². The number of anilines is 1. The Morgan fingerprint density at radius 1 is 1.04 bits per heavy atom. The minimum Gasteiger partial charge on any atom is -0.322 e. The van der Waals surface area contributed by atoms with Gasteiger partial charge in [-0.15, -0.1) is 0 Å². The van der Waals surface area contributed by atoms with E-state index in [9.17, 15) is 22.0 Å². The lowest BCUT2D eigenvalue weighted by Crippen LogP contribution is -2.41. The van der Waals surface area contributed by atoms with Crippen LogP contribution in [0.2, 0.25) is 0 Å². The fraction of sp³-hybridized carbons (Fsp3) is 0.350. The van der Waals surface area contributed by atoms with Crippen LogP contribution in [-0.2, 0) is 10.0 Å². The van der Waals surface area contributed by atoms with Crippen molar-refractivity contribution in [2.24, 2.45) is 5.41 Å². The van der Waals surface area contributed by atoms with E-state index in [-0.39, 0.29) is 16.7 Å². The average Bonchev–Trinajstić information content (AvgIpc) is 2.57. The van der Waals surface area contributed by atoms with Gasteiger partial charge in [-0.2, -0.15) is 0 Å². The first-order valence-electron chi connectivity index (χ1n) is 8.70. The molecule has 0 unspecified atom stereocenters. The predicted molar refractivity (Wildman–Crippen MR) is 105 cm³/mol. The lowest BCUT2D eigenvalue weighted by Gasteiger charge is -2.27. The zero-order valence-electron chi connectivity index (χ0n) is 16.4. The number of hydrogen-bond donors (Lipinski definition) is 2. The maximum absolute atomic E-state index is 14.2. The van der Waals surface area contributed by atoms with Gasteiger partial charge in [-0.1, -0.05) is 26.8 Å². The number of carbonyl (C=O) groups is 1. The van der Waals surface area contributed by atoms with E-state index in [2.05, 4.69) is 10.0 Å². The van der Waals surface area contributed by atoms with Crippen molar-refractivity contribution in [2.75, 3.05) is 5.32 Å². The number of sulfonamides is 1. The molecule has 8 heteroatoms. The van der Waals surface area contributed by atoms with Crippen LogP contribution in [-0.4, -0.2) is 20.4 Å². The van der Waals surface area contributed by atoms with Gasteiger partial charge in [0.05, 0.1) is 0 Å². The second kappa shape index (κ2) is 7.97. The number of hydrogen-bond acceptors (Lipinski definition) is 3. The Labute approximate surface area is 164 Å². The van der Waals surface area contributed by atoms with Gasteiger partial charge in [0.1, 0.15) is 16.5 Å². The smallest absolute Gasteiger partial charge is 0.255 e.